The summed E-state index contributed by atoms with van der Waals surface area (Å²) in [7, 11) is 0. The summed E-state index contributed by atoms with van der Waals surface area (Å²) in [5, 5.41) is 4.75. The zero-order valence-electron chi connectivity index (χ0n) is 15.5. The van der Waals surface area contributed by atoms with E-state index in [9.17, 15) is 18.4 Å². The summed E-state index contributed by atoms with van der Waals surface area (Å²) in [6.07, 6.45) is -0.466. The molecule has 0 saturated carbocycles. The molecule has 1 heterocycles. The molecule has 150 valence electrons. The second-order valence-electron chi connectivity index (χ2n) is 6.26. The highest BCUT2D eigenvalue weighted by molar-refractivity contribution is 7.13. The van der Waals surface area contributed by atoms with Crippen molar-refractivity contribution in [2.24, 2.45) is 0 Å². The monoisotopic (exact) mass is 416 g/mol. The van der Waals surface area contributed by atoms with Gasteiger partial charge in [0, 0.05) is 17.5 Å². The number of amides is 1. The Balaban J connectivity index is 1.50. The SMILES string of the molecule is C[C@@H](OC(=O)c1csc(-c2ccc(F)cc2)n1)C(=O)NCCc1ccc(F)cc1. The Bertz CT molecular complexity index is 988. The molecule has 3 rings (SSSR count). The standard InChI is InChI=1S/C21H18F2N2O3S/c1-13(19(26)24-11-10-14-2-6-16(22)7-3-14)28-21(27)18-12-29-20(25-18)15-4-8-17(23)9-5-15/h2-9,12-13H,10-11H2,1H3,(H,24,26)/t13-/m1/s1. The topological polar surface area (TPSA) is 68.3 Å². The molecule has 1 N–H and O–H groups in total. The molecule has 1 aromatic heterocycles. The van der Waals surface area contributed by atoms with Crippen LogP contribution in [0.5, 0.6) is 0 Å². The maximum Gasteiger partial charge on any atom is 0.358 e. The number of aromatic nitrogens is 1. The van der Waals surface area contributed by atoms with Gasteiger partial charge in [-0.1, -0.05) is 12.1 Å². The Morgan fingerprint density at radius 3 is 2.34 bits per heavy atom. The Morgan fingerprint density at radius 1 is 1.07 bits per heavy atom. The van der Waals surface area contributed by atoms with E-state index in [0.717, 1.165) is 5.56 Å². The van der Waals surface area contributed by atoms with Gasteiger partial charge in [-0.3, -0.25) is 4.79 Å². The predicted octanol–water partition coefficient (Wildman–Crippen LogP) is 3.99. The fraction of sp³-hybridized carbons (Fsp3) is 0.190. The largest absolute Gasteiger partial charge is 0.448 e. The van der Waals surface area contributed by atoms with E-state index >= 15 is 0 Å². The zero-order valence-corrected chi connectivity index (χ0v) is 16.3. The summed E-state index contributed by atoms with van der Waals surface area (Å²) >= 11 is 1.22. The van der Waals surface area contributed by atoms with Gasteiger partial charge in [-0.15, -0.1) is 11.3 Å². The lowest BCUT2D eigenvalue weighted by atomic mass is 10.1. The van der Waals surface area contributed by atoms with E-state index in [-0.39, 0.29) is 17.3 Å². The van der Waals surface area contributed by atoms with Crippen LogP contribution in [0.1, 0.15) is 23.0 Å². The second-order valence-corrected chi connectivity index (χ2v) is 7.12. The van der Waals surface area contributed by atoms with Gasteiger partial charge in [0.15, 0.2) is 11.8 Å². The first-order chi connectivity index (χ1) is 13.9. The number of carbonyl (C=O) groups is 2. The van der Waals surface area contributed by atoms with Gasteiger partial charge >= 0.3 is 5.97 Å². The van der Waals surface area contributed by atoms with Crippen LogP contribution in [0.3, 0.4) is 0 Å². The number of nitrogens with one attached hydrogen (secondary N) is 1. The van der Waals surface area contributed by atoms with E-state index < -0.39 is 18.0 Å². The van der Waals surface area contributed by atoms with Crippen LogP contribution in [-0.4, -0.2) is 29.5 Å². The molecule has 5 nitrogen and oxygen atoms in total. The van der Waals surface area contributed by atoms with Gasteiger partial charge in [0.2, 0.25) is 0 Å². The van der Waals surface area contributed by atoms with Crippen molar-refractivity contribution in [3.8, 4) is 10.6 Å². The molecule has 3 aromatic rings. The van der Waals surface area contributed by atoms with Crippen molar-refractivity contribution in [1.82, 2.24) is 10.3 Å². The van der Waals surface area contributed by atoms with Crippen LogP contribution in [-0.2, 0) is 16.0 Å². The molecule has 0 fully saturated rings. The lowest BCUT2D eigenvalue weighted by Crippen LogP contribution is -2.37. The minimum absolute atomic E-state index is 0.0836. The average molecular weight is 416 g/mol. The van der Waals surface area contributed by atoms with Crippen LogP contribution in [0.15, 0.2) is 53.9 Å². The summed E-state index contributed by atoms with van der Waals surface area (Å²) in [5.74, 6) is -1.82. The summed E-state index contributed by atoms with van der Waals surface area (Å²) in [4.78, 5) is 28.5. The molecule has 2 aromatic carbocycles. The van der Waals surface area contributed by atoms with E-state index in [1.165, 1.54) is 47.9 Å². The van der Waals surface area contributed by atoms with Gasteiger partial charge in [-0.25, -0.2) is 18.6 Å². The Kier molecular flexibility index (Phi) is 6.66. The van der Waals surface area contributed by atoms with Crippen molar-refractivity contribution in [3.05, 3.63) is 76.8 Å². The first kappa shape index (κ1) is 20.6. The minimum Gasteiger partial charge on any atom is -0.448 e. The van der Waals surface area contributed by atoms with Crippen molar-refractivity contribution in [1.29, 1.82) is 0 Å². The summed E-state index contributed by atoms with van der Waals surface area (Å²) in [5.41, 5.74) is 1.65. The van der Waals surface area contributed by atoms with Crippen LogP contribution < -0.4 is 5.32 Å². The zero-order chi connectivity index (χ0) is 20.8. The predicted molar refractivity (Wildman–Crippen MR) is 105 cm³/mol. The number of carbonyl (C=O) groups excluding carboxylic acids is 2. The molecule has 0 saturated heterocycles. The lowest BCUT2D eigenvalue weighted by Gasteiger charge is -2.12. The number of hydrogen-bond acceptors (Lipinski definition) is 5. The van der Waals surface area contributed by atoms with Crippen molar-refractivity contribution in [2.45, 2.75) is 19.4 Å². The molecular formula is C21H18F2N2O3S. The number of ether oxygens (including phenoxy) is 1. The third kappa shape index (κ3) is 5.68. The van der Waals surface area contributed by atoms with Gasteiger partial charge in [0.1, 0.15) is 16.6 Å². The number of rotatable bonds is 7. The Hall–Kier alpha value is -3.13. The lowest BCUT2D eigenvalue weighted by molar-refractivity contribution is -0.129. The molecule has 8 heteroatoms. The summed E-state index contributed by atoms with van der Waals surface area (Å²) in [6.45, 7) is 1.80. The maximum atomic E-state index is 13.0. The number of esters is 1. The normalized spacial score (nSPS) is 11.7. The molecule has 0 unspecified atom stereocenters. The third-order valence-corrected chi connectivity index (χ3v) is 4.98. The smallest absolute Gasteiger partial charge is 0.358 e. The molecule has 0 spiro atoms. The van der Waals surface area contributed by atoms with Crippen LogP contribution in [0.25, 0.3) is 10.6 Å². The van der Waals surface area contributed by atoms with Crippen LogP contribution in [0.4, 0.5) is 8.78 Å². The number of benzene rings is 2. The first-order valence-electron chi connectivity index (χ1n) is 8.87. The third-order valence-electron chi connectivity index (χ3n) is 4.08. The molecule has 0 bridgehead atoms. The van der Waals surface area contributed by atoms with Gasteiger partial charge in [-0.2, -0.15) is 0 Å². The number of hydrogen-bond donors (Lipinski definition) is 1. The van der Waals surface area contributed by atoms with Crippen molar-refractivity contribution < 1.29 is 23.1 Å². The Morgan fingerprint density at radius 2 is 1.69 bits per heavy atom. The number of halogens is 2. The van der Waals surface area contributed by atoms with E-state index in [0.29, 0.717) is 23.5 Å². The summed E-state index contributed by atoms with van der Waals surface area (Å²) in [6, 6.07) is 11.8. The number of nitrogens with zero attached hydrogens (tertiary/aromatic N) is 1. The summed E-state index contributed by atoms with van der Waals surface area (Å²) < 4.78 is 31.1. The van der Waals surface area contributed by atoms with E-state index in [1.54, 1.807) is 24.3 Å². The number of thiazole rings is 1. The van der Waals surface area contributed by atoms with E-state index in [2.05, 4.69) is 10.3 Å². The van der Waals surface area contributed by atoms with E-state index in [1.807, 2.05) is 0 Å². The highest BCUT2D eigenvalue weighted by atomic mass is 32.1. The minimum atomic E-state index is -0.994. The fourth-order valence-electron chi connectivity index (χ4n) is 2.49. The molecule has 0 radical (unpaired) electrons. The van der Waals surface area contributed by atoms with Crippen LogP contribution >= 0.6 is 11.3 Å². The fourth-order valence-corrected chi connectivity index (χ4v) is 3.29. The molecule has 29 heavy (non-hydrogen) atoms. The molecule has 0 aliphatic rings. The molecule has 0 aliphatic heterocycles. The van der Waals surface area contributed by atoms with Gasteiger partial charge in [0.25, 0.3) is 5.91 Å². The first-order valence-corrected chi connectivity index (χ1v) is 9.75. The van der Waals surface area contributed by atoms with Crippen molar-refractivity contribution in [2.75, 3.05) is 6.54 Å². The molecule has 1 atom stereocenters. The second kappa shape index (κ2) is 9.38. The van der Waals surface area contributed by atoms with Crippen molar-refractivity contribution in [3.63, 3.8) is 0 Å². The average Bonchev–Trinajstić information content (AvgIpc) is 3.20. The molecule has 0 aliphatic carbocycles. The van der Waals surface area contributed by atoms with Gasteiger partial charge in [-0.05, 0) is 55.3 Å². The van der Waals surface area contributed by atoms with Gasteiger partial charge in [0.05, 0.1) is 0 Å². The highest BCUT2D eigenvalue weighted by Crippen LogP contribution is 2.24. The van der Waals surface area contributed by atoms with Crippen molar-refractivity contribution >= 4 is 23.2 Å². The van der Waals surface area contributed by atoms with Crippen LogP contribution in [0, 0.1) is 11.6 Å². The molecular weight excluding hydrogens is 398 g/mol. The molecule has 1 amide bonds. The highest BCUT2D eigenvalue weighted by Gasteiger charge is 2.20. The van der Waals surface area contributed by atoms with Gasteiger partial charge < -0.3 is 10.1 Å². The quantitative estimate of drug-likeness (QED) is 0.592. The Labute approximate surface area is 170 Å². The van der Waals surface area contributed by atoms with Crippen LogP contribution in [0.2, 0.25) is 0 Å². The maximum absolute atomic E-state index is 13.0. The van der Waals surface area contributed by atoms with E-state index in [4.69, 9.17) is 4.74 Å².